The summed E-state index contributed by atoms with van der Waals surface area (Å²) in [5.41, 5.74) is 22.4. The Labute approximate surface area is 569 Å². The number of rotatable bonds is 46. The molecule has 0 radical (unpaired) electrons. The summed E-state index contributed by atoms with van der Waals surface area (Å²) in [5, 5.41) is 74.4. The van der Waals surface area contributed by atoms with Gasteiger partial charge in [0, 0.05) is 32.1 Å². The second-order valence-electron chi connectivity index (χ2n) is 22.8. The molecule has 548 valence electrons. The Balaban J connectivity index is 2.42. The van der Waals surface area contributed by atoms with Crippen molar-refractivity contribution in [2.75, 3.05) is 19.7 Å². The molecular formula is C60H84N16O24. The number of carboxylic acid groups (broad SMARTS) is 4. The third-order valence-electron chi connectivity index (χ3n) is 14.2. The predicted octanol–water partition coefficient (Wildman–Crippen LogP) is -9.15. The maximum Gasteiger partial charge on any atom is 0.325 e. The fourth-order valence-corrected chi connectivity index (χ4v) is 8.88. The Morgan fingerprint density at radius 2 is 0.730 bits per heavy atom. The molecule has 0 fully saturated rings. The lowest BCUT2D eigenvalue weighted by molar-refractivity contribution is -0.142. The van der Waals surface area contributed by atoms with Gasteiger partial charge in [-0.05, 0) is 43.2 Å². The summed E-state index contributed by atoms with van der Waals surface area (Å²) in [6.45, 7) is 1.20. The summed E-state index contributed by atoms with van der Waals surface area (Å²) in [7, 11) is 0. The molecule has 40 heteroatoms. The monoisotopic (exact) mass is 1410 g/mol. The summed E-state index contributed by atoms with van der Waals surface area (Å²) in [4.78, 5) is 245. The summed E-state index contributed by atoms with van der Waals surface area (Å²) in [6, 6.07) is -3.54. The normalized spacial score (nSPS) is 14.1. The van der Waals surface area contributed by atoms with Crippen LogP contribution in [-0.4, -0.2) is 224 Å². The van der Waals surface area contributed by atoms with E-state index in [1.807, 2.05) is 10.6 Å². The fraction of sp³-hybridized carbons (Fsp3) is 0.483. The highest BCUT2D eigenvalue weighted by molar-refractivity contribution is 6.01. The molecule has 25 N–H and O–H groups in total. The second-order valence-corrected chi connectivity index (χ2v) is 22.8. The number of hydrogen-bond donors (Lipinski definition) is 21. The van der Waals surface area contributed by atoms with Gasteiger partial charge in [0.25, 0.3) is 0 Å². The maximum atomic E-state index is 14.2. The van der Waals surface area contributed by atoms with E-state index in [-0.39, 0.29) is 25.7 Å². The number of nitrogens with two attached hydrogens (primary N) is 4. The van der Waals surface area contributed by atoms with Crippen LogP contribution in [0.5, 0.6) is 0 Å². The van der Waals surface area contributed by atoms with Crippen molar-refractivity contribution in [2.45, 2.75) is 158 Å². The van der Waals surface area contributed by atoms with Crippen LogP contribution in [0.25, 0.3) is 0 Å². The Bertz CT molecular complexity index is 3300. The largest absolute Gasteiger partial charge is 0.481 e. The van der Waals surface area contributed by atoms with Crippen LogP contribution in [0, 0.1) is 5.92 Å². The molecule has 0 heterocycles. The Morgan fingerprint density at radius 1 is 0.370 bits per heavy atom. The molecule has 2 aromatic rings. The predicted molar refractivity (Wildman–Crippen MR) is 341 cm³/mol. The van der Waals surface area contributed by atoms with E-state index in [1.165, 1.54) is 13.8 Å². The summed E-state index contributed by atoms with van der Waals surface area (Å²) >= 11 is 0. The molecule has 0 aliphatic rings. The van der Waals surface area contributed by atoms with Crippen molar-refractivity contribution in [3.05, 3.63) is 71.8 Å². The van der Waals surface area contributed by atoms with Gasteiger partial charge in [-0.2, -0.15) is 0 Å². The number of benzene rings is 2. The van der Waals surface area contributed by atoms with Crippen molar-refractivity contribution in [2.24, 2.45) is 28.9 Å². The lowest BCUT2D eigenvalue weighted by Gasteiger charge is -2.27. The van der Waals surface area contributed by atoms with Crippen molar-refractivity contribution < 1.29 is 117 Å². The molecule has 100 heavy (non-hydrogen) atoms. The van der Waals surface area contributed by atoms with Crippen molar-refractivity contribution in [1.29, 1.82) is 0 Å². The number of aliphatic carboxylic acids is 4. The van der Waals surface area contributed by atoms with E-state index in [0.717, 1.165) is 6.92 Å². The van der Waals surface area contributed by atoms with E-state index in [4.69, 9.17) is 22.9 Å². The maximum absolute atomic E-state index is 14.2. The number of carbonyl (C=O) groups excluding carboxylic acids is 15. The van der Waals surface area contributed by atoms with Crippen LogP contribution >= 0.6 is 0 Å². The van der Waals surface area contributed by atoms with E-state index < -0.39 is 250 Å². The third kappa shape index (κ3) is 32.4. The van der Waals surface area contributed by atoms with Crippen LogP contribution in [0.3, 0.4) is 0 Å². The zero-order valence-electron chi connectivity index (χ0n) is 54.4. The van der Waals surface area contributed by atoms with Gasteiger partial charge >= 0.3 is 23.9 Å². The SMILES string of the molecule is CC(C)[C@H](NC(=O)CNC(=O)[C@@H](N)CCC(N)=O)C(=O)N[C@@H](CC(N)=O)C(=O)N[C@@H](CC(=O)O)C(=O)N[C@@H](CC(N)=O)C(=O)N[C@@H](CCC(=O)O)C(=O)N[C@@H](CCC(=O)O)C(=O)NCC(=O)N[C@@H](Cc1ccccc1)C(=O)N[C@@H](Cc1ccccc1)C(=O)N[C@@H](CO)C(=O)N[C@@H](C)C(=O)O. The van der Waals surface area contributed by atoms with Crippen molar-refractivity contribution in [3.8, 4) is 0 Å². The quantitative estimate of drug-likeness (QED) is 0.0293. The van der Waals surface area contributed by atoms with Gasteiger partial charge in [0.2, 0.25) is 88.6 Å². The average Bonchev–Trinajstić information content (AvgIpc) is 0.862. The highest BCUT2D eigenvalue weighted by atomic mass is 16.4. The third-order valence-corrected chi connectivity index (χ3v) is 14.2. The average molecular weight is 1410 g/mol. The van der Waals surface area contributed by atoms with Crippen LogP contribution in [0.1, 0.15) is 89.7 Å². The van der Waals surface area contributed by atoms with E-state index in [0.29, 0.717) is 11.1 Å². The smallest absolute Gasteiger partial charge is 0.325 e. The Kier molecular flexibility index (Phi) is 36.1. The fourth-order valence-electron chi connectivity index (χ4n) is 8.88. The van der Waals surface area contributed by atoms with Gasteiger partial charge in [-0.15, -0.1) is 0 Å². The van der Waals surface area contributed by atoms with Gasteiger partial charge in [0.1, 0.15) is 60.4 Å². The minimum Gasteiger partial charge on any atom is -0.481 e. The standard InChI is InChI=1S/C60H84N16O24/c1-28(2)49(76-45(82)26-65-50(89)32(61)14-17-41(62)78)59(98)74-38(23-43(64)80)56(95)73-39(24-48(87)88)57(96)72-37(22-42(63)79)55(94)70-34(16-19-47(85)86)52(91)69-33(15-18-46(83)84)51(90)66-25-44(81)68-35(20-30-10-6-4-7-11-30)53(92)71-36(21-31-12-8-5-9-13-31)54(93)75-40(27-77)58(97)67-29(3)60(99)100/h4-13,28-29,32-40,49,77H,14-27,61H2,1-3H3,(H2,62,78)(H2,63,79)(H2,64,80)(H,65,89)(H,66,90)(H,67,97)(H,68,81)(H,69,91)(H,70,94)(H,71,92)(H,72,96)(H,73,95)(H,74,98)(H,75,93)(H,76,82)(H,83,84)(H,85,86)(H,87,88)(H,99,100)/t29-,32-,33-,34-,35-,36-,37-,38-,39-,40-,49-/m0/s1. The summed E-state index contributed by atoms with van der Waals surface area (Å²) in [5.74, 6) is -25.0. The summed E-state index contributed by atoms with van der Waals surface area (Å²) < 4.78 is 0. The van der Waals surface area contributed by atoms with Crippen LogP contribution in [0.4, 0.5) is 0 Å². The number of aliphatic hydroxyl groups excluding tert-OH is 1. The van der Waals surface area contributed by atoms with E-state index >= 15 is 0 Å². The van der Waals surface area contributed by atoms with Gasteiger partial charge in [-0.1, -0.05) is 74.5 Å². The highest BCUT2D eigenvalue weighted by Crippen LogP contribution is 2.11. The molecule has 0 unspecified atom stereocenters. The van der Waals surface area contributed by atoms with Gasteiger partial charge in [-0.25, -0.2) is 0 Å². The summed E-state index contributed by atoms with van der Waals surface area (Å²) in [6.07, 6.45) is -7.87. The molecule has 0 aliphatic heterocycles. The molecular weight excluding hydrogens is 1330 g/mol. The molecule has 0 saturated carbocycles. The molecule has 15 amide bonds. The minimum atomic E-state index is -2.27. The van der Waals surface area contributed by atoms with Gasteiger partial charge in [0.05, 0.1) is 45.0 Å². The first kappa shape index (κ1) is 84.4. The Hall–Kier alpha value is -11.7. The number of aliphatic hydroxyl groups is 1. The number of primary amides is 3. The lowest BCUT2D eigenvalue weighted by atomic mass is 10.0. The molecule has 0 spiro atoms. The van der Waals surface area contributed by atoms with Crippen LogP contribution < -0.4 is 86.7 Å². The molecule has 0 aliphatic carbocycles. The second kappa shape index (κ2) is 42.8. The molecule has 11 atom stereocenters. The van der Waals surface area contributed by atoms with E-state index in [1.54, 1.807) is 60.7 Å². The molecule has 2 aromatic carbocycles. The first-order valence-electron chi connectivity index (χ1n) is 30.7. The number of carboxylic acids is 4. The number of nitrogens with one attached hydrogen (secondary N) is 12. The molecule has 40 nitrogen and oxygen atoms in total. The van der Waals surface area contributed by atoms with E-state index in [2.05, 4.69) is 53.2 Å². The number of carbonyl (C=O) groups is 19. The van der Waals surface area contributed by atoms with Crippen molar-refractivity contribution >= 4 is 112 Å². The van der Waals surface area contributed by atoms with E-state index in [9.17, 15) is 117 Å². The lowest BCUT2D eigenvalue weighted by Crippen LogP contribution is -2.61. The van der Waals surface area contributed by atoms with Crippen LogP contribution in [0.15, 0.2) is 60.7 Å². The van der Waals surface area contributed by atoms with Crippen molar-refractivity contribution in [3.63, 3.8) is 0 Å². The van der Waals surface area contributed by atoms with Crippen molar-refractivity contribution in [1.82, 2.24) is 63.8 Å². The Morgan fingerprint density at radius 3 is 1.14 bits per heavy atom. The number of hydrogen-bond acceptors (Lipinski definition) is 21. The molecule has 0 aromatic heterocycles. The topological polar surface area (TPSA) is 674 Å². The van der Waals surface area contributed by atoms with Gasteiger partial charge < -0.3 is 112 Å². The zero-order valence-corrected chi connectivity index (χ0v) is 54.4. The van der Waals surface area contributed by atoms with Gasteiger partial charge in [0.15, 0.2) is 0 Å². The number of amides is 15. The highest BCUT2D eigenvalue weighted by Gasteiger charge is 2.37. The minimum absolute atomic E-state index is 0.164. The zero-order chi connectivity index (χ0) is 75.5. The van der Waals surface area contributed by atoms with Crippen LogP contribution in [-0.2, 0) is 104 Å². The van der Waals surface area contributed by atoms with Gasteiger partial charge in [-0.3, -0.25) is 91.1 Å². The van der Waals surface area contributed by atoms with Crippen LogP contribution in [0.2, 0.25) is 0 Å². The first-order valence-corrected chi connectivity index (χ1v) is 30.7. The molecule has 0 saturated heterocycles. The first-order chi connectivity index (χ1) is 46.9. The molecule has 0 bridgehead atoms. The molecule has 2 rings (SSSR count).